The molecule has 1 aromatic heterocycles. The molecule has 20 heavy (non-hydrogen) atoms. The summed E-state index contributed by atoms with van der Waals surface area (Å²) in [5.74, 6) is -0.0828. The highest BCUT2D eigenvalue weighted by atomic mass is 16.5. The topological polar surface area (TPSA) is 88.2 Å². The summed E-state index contributed by atoms with van der Waals surface area (Å²) in [6.45, 7) is 5.36. The second-order valence-electron chi connectivity index (χ2n) is 5.16. The number of hydrogen-bond acceptors (Lipinski definition) is 5. The Hall–Kier alpha value is -2.21. The predicted octanol–water partition coefficient (Wildman–Crippen LogP) is 2.00. The van der Waals surface area contributed by atoms with Gasteiger partial charge in [-0.15, -0.1) is 0 Å². The third kappa shape index (κ3) is 3.21. The van der Waals surface area contributed by atoms with Crippen LogP contribution in [0.3, 0.4) is 0 Å². The first-order valence-electron chi connectivity index (χ1n) is 6.26. The molecule has 106 valence electrons. The molecule has 0 bridgehead atoms. The van der Waals surface area contributed by atoms with E-state index in [1.807, 2.05) is 31.2 Å². The summed E-state index contributed by atoms with van der Waals surface area (Å²) < 4.78 is 5.11. The minimum absolute atomic E-state index is 0.207. The average Bonchev–Trinajstić information content (AvgIpc) is 2.86. The number of nitrogens with one attached hydrogen (secondary N) is 1. The summed E-state index contributed by atoms with van der Waals surface area (Å²) in [4.78, 5) is 15.2. The maximum Gasteiger partial charge on any atom is 0.323 e. The molecule has 2 N–H and O–H groups in total. The lowest BCUT2D eigenvalue weighted by atomic mass is 10.1. The zero-order chi connectivity index (χ0) is 14.8. The van der Waals surface area contributed by atoms with Crippen LogP contribution in [-0.2, 0) is 11.3 Å². The van der Waals surface area contributed by atoms with E-state index in [1.54, 1.807) is 13.8 Å². The van der Waals surface area contributed by atoms with Crippen molar-refractivity contribution in [2.45, 2.75) is 32.9 Å². The first-order valence-corrected chi connectivity index (χ1v) is 6.26. The summed E-state index contributed by atoms with van der Waals surface area (Å²) >= 11 is 0. The smallest absolute Gasteiger partial charge is 0.323 e. The monoisotopic (exact) mass is 275 g/mol. The Morgan fingerprint density at radius 2 is 2.00 bits per heavy atom. The van der Waals surface area contributed by atoms with Gasteiger partial charge in [-0.1, -0.05) is 35.0 Å². The third-order valence-corrected chi connectivity index (χ3v) is 2.99. The molecule has 0 saturated carbocycles. The molecule has 0 unspecified atom stereocenters. The summed E-state index contributed by atoms with van der Waals surface area (Å²) in [5, 5.41) is 15.7. The van der Waals surface area contributed by atoms with E-state index >= 15 is 0 Å². The first kappa shape index (κ1) is 14.2. The summed E-state index contributed by atoms with van der Waals surface area (Å²) in [5.41, 5.74) is 0.976. The number of carboxylic acids is 1. The fourth-order valence-corrected chi connectivity index (χ4v) is 1.52. The molecule has 0 spiro atoms. The molecule has 0 saturated heterocycles. The number of hydrogen-bond donors (Lipinski definition) is 2. The van der Waals surface area contributed by atoms with Crippen molar-refractivity contribution in [2.75, 3.05) is 0 Å². The van der Waals surface area contributed by atoms with E-state index < -0.39 is 11.5 Å². The van der Waals surface area contributed by atoms with Gasteiger partial charge in [-0.2, -0.15) is 4.98 Å². The van der Waals surface area contributed by atoms with E-state index in [4.69, 9.17) is 9.63 Å². The van der Waals surface area contributed by atoms with Crippen molar-refractivity contribution in [2.24, 2.45) is 0 Å². The number of aryl methyl sites for hydroxylation is 1. The highest BCUT2D eigenvalue weighted by Gasteiger charge is 2.26. The van der Waals surface area contributed by atoms with Crippen molar-refractivity contribution in [3.8, 4) is 11.4 Å². The van der Waals surface area contributed by atoms with E-state index in [1.165, 1.54) is 0 Å². The van der Waals surface area contributed by atoms with Crippen LogP contribution in [0, 0.1) is 6.92 Å². The second kappa shape index (κ2) is 5.42. The van der Waals surface area contributed by atoms with E-state index in [0.717, 1.165) is 11.1 Å². The molecule has 0 fully saturated rings. The van der Waals surface area contributed by atoms with Crippen LogP contribution >= 0.6 is 0 Å². The van der Waals surface area contributed by atoms with Crippen molar-refractivity contribution in [3.05, 3.63) is 35.7 Å². The molecule has 0 aliphatic rings. The van der Waals surface area contributed by atoms with Gasteiger partial charge >= 0.3 is 5.97 Å². The molecule has 0 atom stereocenters. The van der Waals surface area contributed by atoms with Crippen molar-refractivity contribution >= 4 is 5.97 Å². The zero-order valence-electron chi connectivity index (χ0n) is 11.7. The van der Waals surface area contributed by atoms with Crippen LogP contribution in [-0.4, -0.2) is 26.8 Å². The molecular weight excluding hydrogens is 258 g/mol. The third-order valence-electron chi connectivity index (χ3n) is 2.99. The Bertz CT molecular complexity index is 602. The maximum atomic E-state index is 11.0. The van der Waals surface area contributed by atoms with Gasteiger partial charge in [0.05, 0.1) is 6.54 Å². The molecule has 1 aromatic carbocycles. The number of aromatic nitrogens is 2. The Morgan fingerprint density at radius 1 is 1.35 bits per heavy atom. The van der Waals surface area contributed by atoms with Crippen molar-refractivity contribution in [3.63, 3.8) is 0 Å². The minimum atomic E-state index is -1.04. The number of benzene rings is 1. The van der Waals surface area contributed by atoms with Gasteiger partial charge in [-0.25, -0.2) is 0 Å². The van der Waals surface area contributed by atoms with E-state index in [9.17, 15) is 4.79 Å². The summed E-state index contributed by atoms with van der Waals surface area (Å²) in [6, 6.07) is 7.77. The normalized spacial score (nSPS) is 11.6. The lowest BCUT2D eigenvalue weighted by Gasteiger charge is -2.19. The molecular formula is C14H17N3O3. The number of carbonyl (C=O) groups is 1. The maximum absolute atomic E-state index is 11.0. The van der Waals surface area contributed by atoms with Crippen LogP contribution in [0.1, 0.15) is 25.3 Å². The number of nitrogens with zero attached hydrogens (tertiary/aromatic N) is 2. The van der Waals surface area contributed by atoms with Gasteiger partial charge in [-0.05, 0) is 20.8 Å². The van der Waals surface area contributed by atoms with Gasteiger partial charge < -0.3 is 9.63 Å². The molecule has 2 rings (SSSR count). The summed E-state index contributed by atoms with van der Waals surface area (Å²) in [6.07, 6.45) is 0. The van der Waals surface area contributed by atoms with E-state index in [2.05, 4.69) is 15.5 Å². The minimum Gasteiger partial charge on any atom is -0.480 e. The molecule has 0 radical (unpaired) electrons. The largest absolute Gasteiger partial charge is 0.480 e. The molecule has 0 amide bonds. The van der Waals surface area contributed by atoms with Gasteiger partial charge in [0.1, 0.15) is 5.54 Å². The zero-order valence-corrected chi connectivity index (χ0v) is 11.7. The Morgan fingerprint density at radius 3 is 2.60 bits per heavy atom. The SMILES string of the molecule is Cc1ccc(-c2noc(CNC(C)(C)C(=O)O)n2)cc1. The van der Waals surface area contributed by atoms with Gasteiger partial charge in [-0.3, -0.25) is 10.1 Å². The molecule has 6 heteroatoms. The highest BCUT2D eigenvalue weighted by molar-refractivity contribution is 5.77. The Balaban J connectivity index is 2.06. The van der Waals surface area contributed by atoms with Crippen LogP contribution < -0.4 is 5.32 Å². The van der Waals surface area contributed by atoms with Crippen LogP contribution in [0.4, 0.5) is 0 Å². The van der Waals surface area contributed by atoms with E-state index in [0.29, 0.717) is 11.7 Å². The number of rotatable bonds is 5. The fourth-order valence-electron chi connectivity index (χ4n) is 1.52. The summed E-state index contributed by atoms with van der Waals surface area (Å²) in [7, 11) is 0. The van der Waals surface area contributed by atoms with E-state index in [-0.39, 0.29) is 6.54 Å². The van der Waals surface area contributed by atoms with Gasteiger partial charge in [0.25, 0.3) is 0 Å². The molecule has 1 heterocycles. The Kier molecular flexibility index (Phi) is 3.85. The first-order chi connectivity index (χ1) is 9.38. The lowest BCUT2D eigenvalue weighted by molar-refractivity contribution is -0.143. The lowest BCUT2D eigenvalue weighted by Crippen LogP contribution is -2.46. The molecule has 0 aliphatic carbocycles. The van der Waals surface area contributed by atoms with Gasteiger partial charge in [0.2, 0.25) is 11.7 Å². The number of aliphatic carboxylic acids is 1. The average molecular weight is 275 g/mol. The van der Waals surface area contributed by atoms with Crippen LogP contribution in [0.15, 0.2) is 28.8 Å². The van der Waals surface area contributed by atoms with Crippen molar-refractivity contribution < 1.29 is 14.4 Å². The standard InChI is InChI=1S/C14H17N3O3/c1-9-4-6-10(7-5-9)12-16-11(20-17-12)8-15-14(2,3)13(18)19/h4-7,15H,8H2,1-3H3,(H,18,19). The van der Waals surface area contributed by atoms with Crippen LogP contribution in [0.2, 0.25) is 0 Å². The molecule has 0 aliphatic heterocycles. The van der Waals surface area contributed by atoms with Gasteiger partial charge in [0.15, 0.2) is 0 Å². The highest BCUT2D eigenvalue weighted by Crippen LogP contribution is 2.16. The molecule has 6 nitrogen and oxygen atoms in total. The van der Waals surface area contributed by atoms with Crippen LogP contribution in [0.5, 0.6) is 0 Å². The van der Waals surface area contributed by atoms with Crippen molar-refractivity contribution in [1.29, 1.82) is 0 Å². The van der Waals surface area contributed by atoms with Crippen LogP contribution in [0.25, 0.3) is 11.4 Å². The fraction of sp³-hybridized carbons (Fsp3) is 0.357. The number of carboxylic acid groups (broad SMARTS) is 1. The van der Waals surface area contributed by atoms with Crippen molar-refractivity contribution in [1.82, 2.24) is 15.5 Å². The molecule has 2 aromatic rings. The second-order valence-corrected chi connectivity index (χ2v) is 5.16. The van der Waals surface area contributed by atoms with Gasteiger partial charge in [0, 0.05) is 5.56 Å². The quantitative estimate of drug-likeness (QED) is 0.867. The predicted molar refractivity (Wildman–Crippen MR) is 73.0 cm³/mol. The Labute approximate surface area is 116 Å².